The summed E-state index contributed by atoms with van der Waals surface area (Å²) in [5.41, 5.74) is 6.50. The topological polar surface area (TPSA) is 138 Å². The molecule has 1 amide bonds. The van der Waals surface area contributed by atoms with Gasteiger partial charge in [-0.3, -0.25) is 24.1 Å². The zero-order chi connectivity index (χ0) is 27.5. The molecule has 6 atom stereocenters. The van der Waals surface area contributed by atoms with Gasteiger partial charge >= 0.3 is 0 Å². The zero-order valence-corrected chi connectivity index (χ0v) is 21.5. The fraction of sp³-hybridized carbons (Fsp3) is 0.400. The summed E-state index contributed by atoms with van der Waals surface area (Å²) < 4.78 is 0. The summed E-state index contributed by atoms with van der Waals surface area (Å²) in [5.74, 6) is -0.449. The van der Waals surface area contributed by atoms with Crippen LogP contribution in [0.4, 0.5) is 0 Å². The van der Waals surface area contributed by atoms with Crippen molar-refractivity contribution in [1.82, 2.24) is 4.90 Å². The highest BCUT2D eigenvalue weighted by Gasteiger charge is 2.64. The van der Waals surface area contributed by atoms with Crippen molar-refractivity contribution >= 4 is 23.3 Å². The van der Waals surface area contributed by atoms with Crippen LogP contribution < -0.4 is 5.73 Å². The Kier molecular flexibility index (Phi) is 6.25. The minimum Gasteiger partial charge on any atom is -0.507 e. The fourth-order valence-corrected chi connectivity index (χ4v) is 6.60. The van der Waals surface area contributed by atoms with Gasteiger partial charge in [0.25, 0.3) is 0 Å². The Balaban J connectivity index is 1.58. The summed E-state index contributed by atoms with van der Waals surface area (Å²) in [5, 5.41) is 22.4. The SMILES string of the molecule is Cc1ccc(C#Cc2ccc(O)c3c2CC2CC4C(N(C)C)C(=O)C(C(N)=O)CC4(O)C(=O)C2C3=O)cc1. The predicted octanol–water partition coefficient (Wildman–Crippen LogP) is 1.40. The molecule has 2 aromatic rings. The number of amides is 1. The van der Waals surface area contributed by atoms with E-state index in [1.165, 1.54) is 6.07 Å². The number of primary amides is 1. The number of carbonyl (C=O) groups excluding carboxylic acids is 4. The molecule has 2 fully saturated rings. The van der Waals surface area contributed by atoms with Gasteiger partial charge in [-0.1, -0.05) is 29.5 Å². The lowest BCUT2D eigenvalue weighted by molar-refractivity contribution is -0.176. The van der Waals surface area contributed by atoms with Crippen molar-refractivity contribution in [3.8, 4) is 17.6 Å². The molecule has 0 aromatic heterocycles. The Labute approximate surface area is 220 Å². The maximum absolute atomic E-state index is 13.9. The lowest BCUT2D eigenvalue weighted by atomic mass is 9.52. The van der Waals surface area contributed by atoms with Crippen molar-refractivity contribution < 1.29 is 29.4 Å². The standard InChI is InChI=1S/C30H30N2O6/c1-15-4-6-16(7-5-15)8-9-17-10-11-22(33)24-19(17)12-18-13-21-25(32(2)3)26(34)20(29(31)37)14-30(21,38)28(36)23(18)27(24)35/h4-7,10-11,18,20-21,23,25,33,38H,12-14H2,1-3H3,(H2,31,37). The summed E-state index contributed by atoms with van der Waals surface area (Å²) in [4.78, 5) is 54.5. The largest absolute Gasteiger partial charge is 0.507 e. The van der Waals surface area contributed by atoms with Gasteiger partial charge in [0, 0.05) is 23.5 Å². The van der Waals surface area contributed by atoms with Gasteiger partial charge in [0.1, 0.15) is 17.3 Å². The number of ketones is 3. The molecule has 3 aliphatic rings. The molecule has 3 aliphatic carbocycles. The average Bonchev–Trinajstić information content (AvgIpc) is 2.85. The molecule has 6 unspecified atom stereocenters. The summed E-state index contributed by atoms with van der Waals surface area (Å²) in [7, 11) is 3.31. The van der Waals surface area contributed by atoms with Gasteiger partial charge in [-0.2, -0.15) is 0 Å². The molecule has 8 heteroatoms. The first kappa shape index (κ1) is 25.8. The number of carbonyl (C=O) groups is 4. The number of fused-ring (bicyclic) bond motifs is 3. The highest BCUT2D eigenvalue weighted by Crippen LogP contribution is 2.52. The minimum atomic E-state index is -2.06. The van der Waals surface area contributed by atoms with Gasteiger partial charge in [0.05, 0.1) is 17.5 Å². The lowest BCUT2D eigenvalue weighted by Gasteiger charge is -2.53. The Morgan fingerprint density at radius 2 is 1.76 bits per heavy atom. The van der Waals surface area contributed by atoms with E-state index in [0.29, 0.717) is 11.1 Å². The van der Waals surface area contributed by atoms with Gasteiger partial charge in [0.15, 0.2) is 17.3 Å². The van der Waals surface area contributed by atoms with E-state index in [-0.39, 0.29) is 24.2 Å². The number of hydrogen-bond acceptors (Lipinski definition) is 7. The first-order chi connectivity index (χ1) is 17.9. The second-order valence-corrected chi connectivity index (χ2v) is 11.0. The number of nitrogens with zero attached hydrogens (tertiary/aromatic N) is 1. The van der Waals surface area contributed by atoms with E-state index in [9.17, 15) is 29.4 Å². The van der Waals surface area contributed by atoms with E-state index >= 15 is 0 Å². The van der Waals surface area contributed by atoms with E-state index in [0.717, 1.165) is 11.1 Å². The van der Waals surface area contributed by atoms with Crippen molar-refractivity contribution in [1.29, 1.82) is 0 Å². The van der Waals surface area contributed by atoms with Crippen LogP contribution in [0, 0.1) is 42.4 Å². The molecular weight excluding hydrogens is 484 g/mol. The number of nitrogens with two attached hydrogens (primary N) is 1. The van der Waals surface area contributed by atoms with Gasteiger partial charge < -0.3 is 15.9 Å². The van der Waals surface area contributed by atoms with Crippen LogP contribution >= 0.6 is 0 Å². The molecular formula is C30H30N2O6. The van der Waals surface area contributed by atoms with Crippen LogP contribution in [-0.4, -0.2) is 64.1 Å². The van der Waals surface area contributed by atoms with Gasteiger partial charge in [-0.15, -0.1) is 0 Å². The smallest absolute Gasteiger partial charge is 0.228 e. The van der Waals surface area contributed by atoms with Crippen molar-refractivity contribution in [3.05, 3.63) is 64.2 Å². The Hall–Kier alpha value is -3.80. The van der Waals surface area contributed by atoms with E-state index in [1.54, 1.807) is 25.1 Å². The van der Waals surface area contributed by atoms with Crippen molar-refractivity contribution in [3.63, 3.8) is 0 Å². The van der Waals surface area contributed by atoms with Crippen molar-refractivity contribution in [2.45, 2.75) is 37.8 Å². The summed E-state index contributed by atoms with van der Waals surface area (Å²) in [6.07, 6.45) is 0.0645. The number of aliphatic hydroxyl groups is 1. The third-order valence-corrected chi connectivity index (χ3v) is 8.46. The molecule has 2 saturated carbocycles. The van der Waals surface area contributed by atoms with Crippen LogP contribution in [0.3, 0.4) is 0 Å². The van der Waals surface area contributed by atoms with Gasteiger partial charge in [-0.25, -0.2) is 0 Å². The molecule has 0 spiro atoms. The summed E-state index contributed by atoms with van der Waals surface area (Å²) in [6.45, 7) is 1.98. The fourth-order valence-electron chi connectivity index (χ4n) is 6.60. The molecule has 38 heavy (non-hydrogen) atoms. The maximum atomic E-state index is 13.9. The van der Waals surface area contributed by atoms with Crippen molar-refractivity contribution in [2.75, 3.05) is 14.1 Å². The molecule has 5 rings (SSSR count). The molecule has 8 nitrogen and oxygen atoms in total. The summed E-state index contributed by atoms with van der Waals surface area (Å²) in [6, 6.07) is 9.86. The minimum absolute atomic E-state index is 0.0415. The number of aryl methyl sites for hydroxylation is 1. The van der Waals surface area contributed by atoms with E-state index < -0.39 is 65.0 Å². The number of hydrogen-bond donors (Lipinski definition) is 3. The van der Waals surface area contributed by atoms with Crippen LogP contribution in [0.5, 0.6) is 5.75 Å². The van der Waals surface area contributed by atoms with E-state index in [2.05, 4.69) is 11.8 Å². The number of phenolic OH excluding ortho intramolecular Hbond substituents is 1. The second-order valence-electron chi connectivity index (χ2n) is 11.0. The van der Waals surface area contributed by atoms with Crippen molar-refractivity contribution in [2.24, 2.45) is 29.4 Å². The Morgan fingerprint density at radius 1 is 1.08 bits per heavy atom. The predicted molar refractivity (Wildman–Crippen MR) is 138 cm³/mol. The molecule has 4 N–H and O–H groups in total. The number of phenols is 1. The number of benzene rings is 2. The number of aromatic hydroxyl groups is 1. The van der Waals surface area contributed by atoms with Crippen LogP contribution in [0.15, 0.2) is 36.4 Å². The van der Waals surface area contributed by atoms with Crippen LogP contribution in [0.1, 0.15) is 45.5 Å². The number of rotatable bonds is 2. The first-order valence-electron chi connectivity index (χ1n) is 12.7. The summed E-state index contributed by atoms with van der Waals surface area (Å²) >= 11 is 0. The normalized spacial score (nSPS) is 30.1. The average molecular weight is 515 g/mol. The quantitative estimate of drug-likeness (QED) is 0.407. The molecule has 0 saturated heterocycles. The highest BCUT2D eigenvalue weighted by atomic mass is 16.3. The molecule has 196 valence electrons. The third-order valence-electron chi connectivity index (χ3n) is 8.46. The van der Waals surface area contributed by atoms with Crippen LogP contribution in [0.2, 0.25) is 0 Å². The van der Waals surface area contributed by atoms with Gasteiger partial charge in [-0.05, 0) is 69.6 Å². The Bertz CT molecular complexity index is 1430. The van der Waals surface area contributed by atoms with E-state index in [1.807, 2.05) is 31.2 Å². The molecule has 0 radical (unpaired) electrons. The lowest BCUT2D eigenvalue weighted by Crippen LogP contribution is -2.69. The maximum Gasteiger partial charge on any atom is 0.228 e. The Morgan fingerprint density at radius 3 is 2.39 bits per heavy atom. The number of Topliss-reactive ketones (excluding diaryl/α,β-unsaturated/α-hetero) is 3. The second kappa shape index (κ2) is 9.19. The molecule has 0 aliphatic heterocycles. The van der Waals surface area contributed by atoms with Gasteiger partial charge in [0.2, 0.25) is 5.91 Å². The third kappa shape index (κ3) is 3.94. The highest BCUT2D eigenvalue weighted by molar-refractivity contribution is 6.17. The molecule has 2 aromatic carbocycles. The first-order valence-corrected chi connectivity index (χ1v) is 12.7. The molecule has 0 bridgehead atoms. The number of likely N-dealkylation sites (N-methyl/N-ethyl adjacent to an activating group) is 1. The molecule has 0 heterocycles. The van der Waals surface area contributed by atoms with Crippen LogP contribution in [0.25, 0.3) is 0 Å². The monoisotopic (exact) mass is 514 g/mol. The van der Waals surface area contributed by atoms with E-state index in [4.69, 9.17) is 5.73 Å². The zero-order valence-electron chi connectivity index (χ0n) is 21.5. The van der Waals surface area contributed by atoms with Crippen LogP contribution in [-0.2, 0) is 20.8 Å².